The van der Waals surface area contributed by atoms with Crippen molar-refractivity contribution in [2.45, 2.75) is 51.0 Å². The molecule has 1 aliphatic carbocycles. The van der Waals surface area contributed by atoms with Gasteiger partial charge < -0.3 is 10.1 Å². The minimum absolute atomic E-state index is 0.684. The van der Waals surface area contributed by atoms with Crippen molar-refractivity contribution in [3.8, 4) is 5.75 Å². The van der Waals surface area contributed by atoms with Crippen LogP contribution in [0.4, 0.5) is 0 Å². The molecular formula is C16H25NO. The van der Waals surface area contributed by atoms with Gasteiger partial charge in [0, 0.05) is 6.04 Å². The number of ether oxygens (including phenoxy) is 1. The van der Waals surface area contributed by atoms with E-state index in [0.717, 1.165) is 12.4 Å². The van der Waals surface area contributed by atoms with Crippen LogP contribution in [0.5, 0.6) is 5.75 Å². The second-order valence-corrected chi connectivity index (χ2v) is 5.20. The van der Waals surface area contributed by atoms with Crippen LogP contribution in [-0.4, -0.2) is 19.7 Å². The van der Waals surface area contributed by atoms with Crippen molar-refractivity contribution in [3.63, 3.8) is 0 Å². The highest BCUT2D eigenvalue weighted by atomic mass is 16.5. The van der Waals surface area contributed by atoms with Crippen LogP contribution in [-0.2, 0) is 0 Å². The molecule has 0 saturated heterocycles. The van der Waals surface area contributed by atoms with Gasteiger partial charge in [-0.15, -0.1) is 0 Å². The molecule has 1 aliphatic rings. The Kier molecular flexibility index (Phi) is 5.06. The van der Waals surface area contributed by atoms with Crippen LogP contribution in [0, 0.1) is 0 Å². The van der Waals surface area contributed by atoms with E-state index in [-0.39, 0.29) is 0 Å². The summed E-state index contributed by atoms with van der Waals surface area (Å²) in [5, 5.41) is 3.45. The molecule has 2 atom stereocenters. The van der Waals surface area contributed by atoms with Crippen molar-refractivity contribution in [2.75, 3.05) is 13.7 Å². The number of nitrogens with one attached hydrogen (secondary N) is 1. The van der Waals surface area contributed by atoms with E-state index in [9.17, 15) is 0 Å². The van der Waals surface area contributed by atoms with Crippen molar-refractivity contribution >= 4 is 0 Å². The zero-order valence-electron chi connectivity index (χ0n) is 11.6. The molecule has 0 amide bonds. The van der Waals surface area contributed by atoms with E-state index in [1.54, 1.807) is 0 Å². The second-order valence-electron chi connectivity index (χ2n) is 5.20. The third kappa shape index (κ3) is 3.49. The maximum Gasteiger partial charge on any atom is 0.119 e. The molecular weight excluding hydrogens is 222 g/mol. The molecule has 2 unspecified atom stereocenters. The lowest BCUT2D eigenvalue weighted by Crippen LogP contribution is -2.25. The molecule has 18 heavy (non-hydrogen) atoms. The van der Waals surface area contributed by atoms with Crippen molar-refractivity contribution in [2.24, 2.45) is 0 Å². The molecule has 2 nitrogen and oxygen atoms in total. The Morgan fingerprint density at radius 3 is 2.56 bits per heavy atom. The molecule has 0 radical (unpaired) electrons. The summed E-state index contributed by atoms with van der Waals surface area (Å²) in [7, 11) is 2.09. The second kappa shape index (κ2) is 6.79. The molecule has 2 rings (SSSR count). The number of benzene rings is 1. The van der Waals surface area contributed by atoms with Gasteiger partial charge in [0.2, 0.25) is 0 Å². The lowest BCUT2D eigenvalue weighted by Gasteiger charge is -2.20. The Morgan fingerprint density at radius 1 is 1.17 bits per heavy atom. The molecule has 1 saturated carbocycles. The van der Waals surface area contributed by atoms with E-state index in [0.29, 0.717) is 12.0 Å². The fraction of sp³-hybridized carbons (Fsp3) is 0.625. The van der Waals surface area contributed by atoms with Gasteiger partial charge in [-0.1, -0.05) is 25.0 Å². The molecule has 2 heteroatoms. The number of hydrogen-bond donors (Lipinski definition) is 1. The maximum atomic E-state index is 5.50. The first-order chi connectivity index (χ1) is 8.83. The highest BCUT2D eigenvalue weighted by Gasteiger charge is 2.20. The van der Waals surface area contributed by atoms with Crippen LogP contribution in [0.1, 0.15) is 50.5 Å². The van der Waals surface area contributed by atoms with Gasteiger partial charge in [-0.25, -0.2) is 0 Å². The first-order valence-corrected chi connectivity index (χ1v) is 7.23. The topological polar surface area (TPSA) is 21.3 Å². The zero-order valence-corrected chi connectivity index (χ0v) is 11.6. The minimum Gasteiger partial charge on any atom is -0.494 e. The lowest BCUT2D eigenvalue weighted by molar-refractivity contribution is 0.340. The standard InChI is InChI=1S/C16H25NO/c1-3-18-16-10-8-13(9-11-16)14-6-4-5-7-15(12-14)17-2/h8-11,14-15,17H,3-7,12H2,1-2H3. The summed E-state index contributed by atoms with van der Waals surface area (Å²) in [5.74, 6) is 1.70. The van der Waals surface area contributed by atoms with Gasteiger partial charge in [-0.3, -0.25) is 0 Å². The third-order valence-electron chi connectivity index (χ3n) is 3.99. The summed E-state index contributed by atoms with van der Waals surface area (Å²) in [6.07, 6.45) is 6.63. The predicted octanol–water partition coefficient (Wildman–Crippen LogP) is 3.72. The largest absolute Gasteiger partial charge is 0.494 e. The third-order valence-corrected chi connectivity index (χ3v) is 3.99. The molecule has 1 fully saturated rings. The van der Waals surface area contributed by atoms with Crippen LogP contribution in [0.3, 0.4) is 0 Å². The highest BCUT2D eigenvalue weighted by molar-refractivity contribution is 5.29. The van der Waals surface area contributed by atoms with Gasteiger partial charge in [-0.2, -0.15) is 0 Å². The van der Waals surface area contributed by atoms with Crippen LogP contribution in [0.15, 0.2) is 24.3 Å². The summed E-state index contributed by atoms with van der Waals surface area (Å²) >= 11 is 0. The normalized spacial score (nSPS) is 24.6. The van der Waals surface area contributed by atoms with Gasteiger partial charge in [0.05, 0.1) is 6.61 Å². The summed E-state index contributed by atoms with van der Waals surface area (Å²) in [4.78, 5) is 0. The van der Waals surface area contributed by atoms with Crippen molar-refractivity contribution < 1.29 is 4.74 Å². The quantitative estimate of drug-likeness (QED) is 0.819. The van der Waals surface area contributed by atoms with E-state index in [4.69, 9.17) is 4.74 Å². The predicted molar refractivity (Wildman–Crippen MR) is 76.3 cm³/mol. The molecule has 0 heterocycles. The molecule has 1 aromatic carbocycles. The average Bonchev–Trinajstić information content (AvgIpc) is 2.65. The van der Waals surface area contributed by atoms with Gasteiger partial charge in [0.15, 0.2) is 0 Å². The van der Waals surface area contributed by atoms with Crippen molar-refractivity contribution in [1.29, 1.82) is 0 Å². The number of hydrogen-bond acceptors (Lipinski definition) is 2. The van der Waals surface area contributed by atoms with E-state index in [1.807, 2.05) is 6.92 Å². The molecule has 1 aromatic rings. The van der Waals surface area contributed by atoms with Crippen LogP contribution >= 0.6 is 0 Å². The lowest BCUT2D eigenvalue weighted by atomic mass is 9.90. The Bertz CT molecular complexity index is 347. The van der Waals surface area contributed by atoms with Gasteiger partial charge in [0.1, 0.15) is 5.75 Å². The minimum atomic E-state index is 0.684. The van der Waals surface area contributed by atoms with Gasteiger partial charge >= 0.3 is 0 Å². The molecule has 0 aliphatic heterocycles. The van der Waals surface area contributed by atoms with Crippen LogP contribution < -0.4 is 10.1 Å². The number of rotatable bonds is 4. The Morgan fingerprint density at radius 2 is 1.89 bits per heavy atom. The van der Waals surface area contributed by atoms with Crippen LogP contribution in [0.2, 0.25) is 0 Å². The average molecular weight is 247 g/mol. The summed E-state index contributed by atoms with van der Waals surface area (Å²) in [6, 6.07) is 9.39. The van der Waals surface area contributed by atoms with E-state index < -0.39 is 0 Å². The van der Waals surface area contributed by atoms with E-state index >= 15 is 0 Å². The van der Waals surface area contributed by atoms with Crippen LogP contribution in [0.25, 0.3) is 0 Å². The molecule has 0 aromatic heterocycles. The van der Waals surface area contributed by atoms with E-state index in [1.165, 1.54) is 37.7 Å². The first-order valence-electron chi connectivity index (χ1n) is 7.23. The molecule has 100 valence electrons. The Labute approximate surface area is 111 Å². The highest BCUT2D eigenvalue weighted by Crippen LogP contribution is 2.32. The monoisotopic (exact) mass is 247 g/mol. The molecule has 0 bridgehead atoms. The molecule has 1 N–H and O–H groups in total. The zero-order chi connectivity index (χ0) is 12.8. The fourth-order valence-electron chi connectivity index (χ4n) is 2.93. The van der Waals surface area contributed by atoms with Crippen molar-refractivity contribution in [3.05, 3.63) is 29.8 Å². The Hall–Kier alpha value is -1.02. The SMILES string of the molecule is CCOc1ccc(C2CCCCC(NC)C2)cc1. The summed E-state index contributed by atoms with van der Waals surface area (Å²) < 4.78 is 5.50. The molecule has 0 spiro atoms. The summed E-state index contributed by atoms with van der Waals surface area (Å²) in [6.45, 7) is 2.77. The Balaban J connectivity index is 2.04. The summed E-state index contributed by atoms with van der Waals surface area (Å²) in [5.41, 5.74) is 1.47. The van der Waals surface area contributed by atoms with E-state index in [2.05, 4.69) is 36.6 Å². The van der Waals surface area contributed by atoms with Gasteiger partial charge in [0.25, 0.3) is 0 Å². The first kappa shape index (κ1) is 13.4. The smallest absolute Gasteiger partial charge is 0.119 e. The van der Waals surface area contributed by atoms with Crippen molar-refractivity contribution in [1.82, 2.24) is 5.32 Å². The maximum absolute atomic E-state index is 5.50. The fourth-order valence-corrected chi connectivity index (χ4v) is 2.93. The van der Waals surface area contributed by atoms with Gasteiger partial charge in [-0.05, 0) is 56.8 Å².